The summed E-state index contributed by atoms with van der Waals surface area (Å²) in [4.78, 5) is 14.4. The fourth-order valence-electron chi connectivity index (χ4n) is 2.18. The number of aromatic carboxylic acids is 1. The maximum absolute atomic E-state index is 14.1. The molecule has 0 amide bonds. The van der Waals surface area contributed by atoms with E-state index in [1.165, 1.54) is 12.1 Å². The van der Waals surface area contributed by atoms with Gasteiger partial charge in [0.05, 0.1) is 11.2 Å². The van der Waals surface area contributed by atoms with Gasteiger partial charge in [0.1, 0.15) is 0 Å². The van der Waals surface area contributed by atoms with Gasteiger partial charge >= 0.3 is 11.9 Å². The Labute approximate surface area is 134 Å². The van der Waals surface area contributed by atoms with Crippen LogP contribution in [0.25, 0.3) is 22.4 Å². The number of nitrogens with zero attached hydrogens (tertiary/aromatic N) is 3. The van der Waals surface area contributed by atoms with Gasteiger partial charge in [-0.3, -0.25) is 0 Å². The molecule has 1 unspecified atom stereocenters. The van der Waals surface area contributed by atoms with Crippen molar-refractivity contribution in [2.75, 3.05) is 0 Å². The molecular formula is C13H7BrF3N3O3. The van der Waals surface area contributed by atoms with E-state index in [2.05, 4.69) is 30.6 Å². The summed E-state index contributed by atoms with van der Waals surface area (Å²) < 4.78 is 45.6. The molecule has 1 N–H and O–H groups in total. The lowest BCUT2D eigenvalue weighted by Gasteiger charge is -2.13. The predicted molar refractivity (Wildman–Crippen MR) is 76.0 cm³/mol. The summed E-state index contributed by atoms with van der Waals surface area (Å²) in [6, 6.07) is 6.05. The van der Waals surface area contributed by atoms with E-state index < -0.39 is 24.6 Å². The first-order chi connectivity index (χ1) is 10.9. The first kappa shape index (κ1) is 15.5. The minimum atomic E-state index is -3.28. The summed E-state index contributed by atoms with van der Waals surface area (Å²) in [6.07, 6.45) is -5.93. The minimum absolute atomic E-state index is 0.115. The number of hydrogen-bond acceptors (Lipinski definition) is 4. The number of carboxylic acid groups (broad SMARTS) is 1. The highest BCUT2D eigenvalue weighted by molar-refractivity contribution is 9.10. The zero-order chi connectivity index (χ0) is 16.7. The second-order valence-electron chi connectivity index (χ2n) is 4.51. The van der Waals surface area contributed by atoms with Crippen molar-refractivity contribution in [1.29, 1.82) is 0 Å². The van der Waals surface area contributed by atoms with Crippen LogP contribution < -0.4 is 0 Å². The van der Waals surface area contributed by atoms with Crippen molar-refractivity contribution in [2.45, 2.75) is 12.7 Å². The highest BCUT2D eigenvalue weighted by Crippen LogP contribution is 2.36. The zero-order valence-electron chi connectivity index (χ0n) is 11.1. The Morgan fingerprint density at radius 1 is 1.35 bits per heavy atom. The second kappa shape index (κ2) is 5.69. The highest BCUT2D eigenvalue weighted by atomic mass is 79.9. The van der Waals surface area contributed by atoms with Gasteiger partial charge in [0.25, 0.3) is 6.43 Å². The monoisotopic (exact) mass is 389 g/mol. The maximum atomic E-state index is 14.1. The molecule has 10 heteroatoms. The summed E-state index contributed by atoms with van der Waals surface area (Å²) in [5, 5.41) is 12.7. The molecule has 120 valence electrons. The van der Waals surface area contributed by atoms with Gasteiger partial charge in [-0.1, -0.05) is 27.2 Å². The summed E-state index contributed by atoms with van der Waals surface area (Å²) in [5.41, 5.74) is 0.0693. The van der Waals surface area contributed by atoms with Crippen molar-refractivity contribution in [3.63, 3.8) is 0 Å². The molecule has 0 saturated heterocycles. The van der Waals surface area contributed by atoms with Crippen molar-refractivity contribution in [1.82, 2.24) is 14.7 Å². The van der Waals surface area contributed by atoms with E-state index in [1.807, 2.05) is 0 Å². The number of alkyl halides is 3. The average molecular weight is 390 g/mol. The van der Waals surface area contributed by atoms with Crippen LogP contribution in [0.4, 0.5) is 13.2 Å². The quantitative estimate of drug-likeness (QED) is 0.731. The fourth-order valence-corrected chi connectivity index (χ4v) is 2.65. The largest absolute Gasteiger partial charge is 0.474 e. The molecule has 3 aromatic rings. The number of aromatic nitrogens is 3. The van der Waals surface area contributed by atoms with Crippen LogP contribution in [-0.4, -0.2) is 32.2 Å². The van der Waals surface area contributed by atoms with Gasteiger partial charge in [-0.15, -0.1) is 0 Å². The topological polar surface area (TPSA) is 81.1 Å². The van der Waals surface area contributed by atoms with Crippen LogP contribution in [0.2, 0.25) is 0 Å². The molecule has 3 rings (SSSR count). The third-order valence-electron chi connectivity index (χ3n) is 3.12. The van der Waals surface area contributed by atoms with E-state index in [1.54, 1.807) is 12.1 Å². The van der Waals surface area contributed by atoms with Crippen LogP contribution in [0.15, 0.2) is 33.3 Å². The number of carboxylic acids is 1. The Kier molecular flexibility index (Phi) is 3.84. The zero-order valence-corrected chi connectivity index (χ0v) is 12.7. The number of carbonyl (C=O) groups is 1. The van der Waals surface area contributed by atoms with E-state index in [-0.39, 0.29) is 17.0 Å². The van der Waals surface area contributed by atoms with E-state index in [9.17, 15) is 18.0 Å². The van der Waals surface area contributed by atoms with E-state index in [0.29, 0.717) is 14.4 Å². The number of benzene rings is 1. The van der Waals surface area contributed by atoms with Crippen molar-refractivity contribution in [3.8, 4) is 11.5 Å². The molecule has 0 bridgehead atoms. The Hall–Kier alpha value is -2.36. The van der Waals surface area contributed by atoms with Crippen molar-refractivity contribution < 1.29 is 27.6 Å². The number of hydrogen-bond donors (Lipinski definition) is 1. The van der Waals surface area contributed by atoms with Crippen molar-refractivity contribution >= 4 is 32.8 Å². The first-order valence-corrected chi connectivity index (χ1v) is 6.98. The van der Waals surface area contributed by atoms with Crippen LogP contribution in [0.1, 0.15) is 17.0 Å². The molecule has 0 spiro atoms. The lowest BCUT2D eigenvalue weighted by molar-refractivity contribution is 0.0114. The van der Waals surface area contributed by atoms with Crippen LogP contribution in [0.3, 0.4) is 0 Å². The number of rotatable bonds is 4. The normalized spacial score (nSPS) is 12.9. The van der Waals surface area contributed by atoms with E-state index >= 15 is 0 Å². The summed E-state index contributed by atoms with van der Waals surface area (Å²) in [6.45, 7) is 0. The molecule has 0 aliphatic heterocycles. The Morgan fingerprint density at radius 3 is 2.70 bits per heavy atom. The Balaban J connectivity index is 2.28. The van der Waals surface area contributed by atoms with Gasteiger partial charge in [0, 0.05) is 9.86 Å². The summed E-state index contributed by atoms with van der Waals surface area (Å²) >= 11 is 3.25. The molecule has 6 nitrogen and oxygen atoms in total. The molecule has 0 saturated carbocycles. The van der Waals surface area contributed by atoms with Gasteiger partial charge in [-0.2, -0.15) is 4.98 Å². The van der Waals surface area contributed by atoms with Crippen LogP contribution in [0.5, 0.6) is 0 Å². The van der Waals surface area contributed by atoms with Crippen LogP contribution >= 0.6 is 15.9 Å². The highest BCUT2D eigenvalue weighted by Gasteiger charge is 2.29. The Bertz CT molecular complexity index is 893. The van der Waals surface area contributed by atoms with Gasteiger partial charge in [-0.25, -0.2) is 18.0 Å². The van der Waals surface area contributed by atoms with Gasteiger partial charge < -0.3 is 14.2 Å². The van der Waals surface area contributed by atoms with Gasteiger partial charge in [-0.05, 0) is 18.2 Å². The molecule has 23 heavy (non-hydrogen) atoms. The first-order valence-electron chi connectivity index (χ1n) is 6.19. The summed E-state index contributed by atoms with van der Waals surface area (Å²) in [7, 11) is 0. The summed E-state index contributed by atoms with van der Waals surface area (Å²) in [5.74, 6) is -2.49. The van der Waals surface area contributed by atoms with Crippen LogP contribution in [0, 0.1) is 0 Å². The number of fused-ring (bicyclic) bond motifs is 1. The molecule has 0 fully saturated rings. The average Bonchev–Trinajstić information content (AvgIpc) is 3.11. The number of halogens is 4. The van der Waals surface area contributed by atoms with Gasteiger partial charge in [0.2, 0.25) is 12.1 Å². The molecule has 0 aliphatic carbocycles. The second-order valence-corrected chi connectivity index (χ2v) is 5.36. The molecular weight excluding hydrogens is 383 g/mol. The van der Waals surface area contributed by atoms with Crippen molar-refractivity contribution in [3.05, 3.63) is 34.6 Å². The molecule has 2 aromatic heterocycles. The minimum Gasteiger partial charge on any atom is -0.474 e. The third-order valence-corrected chi connectivity index (χ3v) is 3.81. The lowest BCUT2D eigenvalue weighted by Crippen LogP contribution is -2.13. The SMILES string of the molecule is O=C(O)c1nc(-c2cc3c(Br)cccc3n2C(F)C(F)F)no1. The maximum Gasteiger partial charge on any atom is 0.394 e. The van der Waals surface area contributed by atoms with Crippen LogP contribution in [-0.2, 0) is 0 Å². The molecule has 1 aromatic carbocycles. The predicted octanol–water partition coefficient (Wildman–Crippen LogP) is 3.89. The third kappa shape index (κ3) is 2.58. The van der Waals surface area contributed by atoms with Gasteiger partial charge in [0.15, 0.2) is 0 Å². The standard InChI is InChI=1S/C13H7BrF3N3O3/c14-6-2-1-3-7-5(6)4-8(20(7)10(17)9(15)16)11-18-12(13(21)22)23-19-11/h1-4,9-10H,(H,21,22). The Morgan fingerprint density at radius 2 is 2.09 bits per heavy atom. The van der Waals surface area contributed by atoms with Crippen molar-refractivity contribution in [2.24, 2.45) is 0 Å². The smallest absolute Gasteiger partial charge is 0.394 e. The molecule has 1 atom stereocenters. The lowest BCUT2D eigenvalue weighted by atomic mass is 10.2. The molecule has 0 aliphatic rings. The van der Waals surface area contributed by atoms with E-state index in [4.69, 9.17) is 5.11 Å². The fraction of sp³-hybridized carbons (Fsp3) is 0.154. The molecule has 2 heterocycles. The molecule has 0 radical (unpaired) electrons. The van der Waals surface area contributed by atoms with E-state index in [0.717, 1.165) is 0 Å².